The van der Waals surface area contributed by atoms with Crippen LogP contribution in [0.3, 0.4) is 0 Å². The SMILES string of the molecule is NC1CCC(N(Cc2cccc(NC(=O)c3cccs3)c2)C(=O)c2cccc(F)c2)CC1. The molecule has 7 heteroatoms. The van der Waals surface area contributed by atoms with Crippen LogP contribution in [-0.2, 0) is 6.54 Å². The second-order valence-electron chi connectivity index (χ2n) is 8.14. The molecule has 0 atom stereocenters. The van der Waals surface area contributed by atoms with Crippen molar-refractivity contribution in [2.75, 3.05) is 5.32 Å². The van der Waals surface area contributed by atoms with Crippen LogP contribution in [0.5, 0.6) is 0 Å². The van der Waals surface area contributed by atoms with Crippen LogP contribution in [0.2, 0.25) is 0 Å². The van der Waals surface area contributed by atoms with Gasteiger partial charge in [-0.2, -0.15) is 0 Å². The van der Waals surface area contributed by atoms with Crippen LogP contribution in [0.15, 0.2) is 66.0 Å². The Morgan fingerprint density at radius 3 is 2.53 bits per heavy atom. The molecule has 0 aliphatic heterocycles. The average Bonchev–Trinajstić information content (AvgIpc) is 3.33. The molecule has 0 unspecified atom stereocenters. The Bertz CT molecular complexity index is 1080. The molecule has 32 heavy (non-hydrogen) atoms. The number of rotatable bonds is 6. The lowest BCUT2D eigenvalue weighted by molar-refractivity contribution is 0.0605. The highest BCUT2D eigenvalue weighted by atomic mass is 32.1. The standard InChI is InChI=1S/C25H26FN3O2S/c26-19-6-2-5-18(15-19)25(31)29(22-11-9-20(27)10-12-22)16-17-4-1-7-21(14-17)28-24(30)23-8-3-13-32-23/h1-8,13-15,20,22H,9-12,16,27H2,(H,28,30). The van der Waals surface area contributed by atoms with Gasteiger partial charge in [-0.25, -0.2) is 4.39 Å². The lowest BCUT2D eigenvalue weighted by atomic mass is 9.90. The number of carbonyl (C=O) groups is 2. The minimum Gasteiger partial charge on any atom is -0.331 e. The fraction of sp³-hybridized carbons (Fsp3) is 0.280. The lowest BCUT2D eigenvalue weighted by Gasteiger charge is -2.36. The largest absolute Gasteiger partial charge is 0.331 e. The first-order chi connectivity index (χ1) is 15.5. The van der Waals surface area contributed by atoms with Gasteiger partial charge in [0, 0.05) is 29.9 Å². The normalized spacial score (nSPS) is 18.2. The first-order valence-corrected chi connectivity index (χ1v) is 11.6. The zero-order chi connectivity index (χ0) is 22.5. The first-order valence-electron chi connectivity index (χ1n) is 10.8. The van der Waals surface area contributed by atoms with Gasteiger partial charge in [0.15, 0.2) is 0 Å². The van der Waals surface area contributed by atoms with Gasteiger partial charge in [-0.15, -0.1) is 11.3 Å². The second kappa shape index (κ2) is 10.1. The number of amides is 2. The number of anilines is 1. The van der Waals surface area contributed by atoms with Crippen molar-refractivity contribution in [3.63, 3.8) is 0 Å². The number of nitrogens with two attached hydrogens (primary N) is 1. The fourth-order valence-electron chi connectivity index (χ4n) is 4.11. The third-order valence-corrected chi connectivity index (χ3v) is 6.67. The quantitative estimate of drug-likeness (QED) is 0.551. The molecule has 0 spiro atoms. The summed E-state index contributed by atoms with van der Waals surface area (Å²) in [6, 6.07) is 17.1. The van der Waals surface area contributed by atoms with Crippen LogP contribution in [0.4, 0.5) is 10.1 Å². The number of thiophene rings is 1. The zero-order valence-electron chi connectivity index (χ0n) is 17.7. The molecular weight excluding hydrogens is 425 g/mol. The van der Waals surface area contributed by atoms with Crippen molar-refractivity contribution in [1.82, 2.24) is 4.90 Å². The Balaban J connectivity index is 1.55. The Labute approximate surface area is 191 Å². The number of hydrogen-bond acceptors (Lipinski definition) is 4. The van der Waals surface area contributed by atoms with Crippen LogP contribution in [0.25, 0.3) is 0 Å². The van der Waals surface area contributed by atoms with E-state index < -0.39 is 5.82 Å². The summed E-state index contributed by atoms with van der Waals surface area (Å²) in [4.78, 5) is 28.2. The predicted molar refractivity (Wildman–Crippen MR) is 125 cm³/mol. The summed E-state index contributed by atoms with van der Waals surface area (Å²) in [5.74, 6) is -0.788. The second-order valence-corrected chi connectivity index (χ2v) is 9.09. The first kappa shape index (κ1) is 22.2. The number of nitrogens with zero attached hydrogens (tertiary/aromatic N) is 1. The molecule has 1 aliphatic carbocycles. The third kappa shape index (κ3) is 5.41. The third-order valence-electron chi connectivity index (χ3n) is 5.80. The molecule has 1 heterocycles. The summed E-state index contributed by atoms with van der Waals surface area (Å²) in [5.41, 5.74) is 7.97. The van der Waals surface area contributed by atoms with Crippen LogP contribution in [-0.4, -0.2) is 28.8 Å². The Morgan fingerprint density at radius 1 is 1.03 bits per heavy atom. The van der Waals surface area contributed by atoms with Gasteiger partial charge < -0.3 is 16.0 Å². The Morgan fingerprint density at radius 2 is 1.81 bits per heavy atom. The van der Waals surface area contributed by atoms with Crippen molar-refractivity contribution in [3.05, 3.63) is 87.9 Å². The van der Waals surface area contributed by atoms with E-state index >= 15 is 0 Å². The molecule has 1 aromatic heterocycles. The van der Waals surface area contributed by atoms with Gasteiger partial charge >= 0.3 is 0 Å². The molecule has 3 N–H and O–H groups in total. The van der Waals surface area contributed by atoms with Crippen LogP contribution < -0.4 is 11.1 Å². The number of halogens is 1. The van der Waals surface area contributed by atoms with E-state index in [-0.39, 0.29) is 23.9 Å². The van der Waals surface area contributed by atoms with Gasteiger partial charge in [0.25, 0.3) is 11.8 Å². The maximum Gasteiger partial charge on any atom is 0.265 e. The number of nitrogens with one attached hydrogen (secondary N) is 1. The highest BCUT2D eigenvalue weighted by molar-refractivity contribution is 7.12. The summed E-state index contributed by atoms with van der Waals surface area (Å²) in [6.45, 7) is 0.373. The van der Waals surface area contributed by atoms with E-state index in [9.17, 15) is 14.0 Å². The smallest absolute Gasteiger partial charge is 0.265 e. The summed E-state index contributed by atoms with van der Waals surface area (Å²) >= 11 is 1.38. The molecular formula is C25H26FN3O2S. The van der Waals surface area contributed by atoms with Crippen molar-refractivity contribution in [1.29, 1.82) is 0 Å². The topological polar surface area (TPSA) is 75.4 Å². The van der Waals surface area contributed by atoms with Gasteiger partial charge in [-0.1, -0.05) is 24.3 Å². The van der Waals surface area contributed by atoms with Crippen LogP contribution in [0, 0.1) is 5.82 Å². The lowest BCUT2D eigenvalue weighted by Crippen LogP contribution is -2.43. The van der Waals surface area contributed by atoms with Crippen molar-refractivity contribution >= 4 is 28.8 Å². The molecule has 0 radical (unpaired) electrons. The minimum atomic E-state index is -0.431. The minimum absolute atomic E-state index is 0.0370. The highest BCUT2D eigenvalue weighted by Crippen LogP contribution is 2.26. The van der Waals surface area contributed by atoms with Crippen molar-refractivity contribution in [3.8, 4) is 0 Å². The summed E-state index contributed by atoms with van der Waals surface area (Å²) < 4.78 is 13.8. The molecule has 166 valence electrons. The average molecular weight is 452 g/mol. The van der Waals surface area contributed by atoms with Gasteiger partial charge in [0.05, 0.1) is 4.88 Å². The Hall–Kier alpha value is -3.03. The molecule has 1 fully saturated rings. The summed E-state index contributed by atoms with van der Waals surface area (Å²) in [6.07, 6.45) is 3.34. The van der Waals surface area contributed by atoms with Crippen molar-refractivity contribution in [2.24, 2.45) is 5.73 Å². The van der Waals surface area contributed by atoms with Gasteiger partial charge in [-0.3, -0.25) is 9.59 Å². The van der Waals surface area contributed by atoms with Gasteiger partial charge in [0.2, 0.25) is 0 Å². The summed E-state index contributed by atoms with van der Waals surface area (Å²) in [7, 11) is 0. The molecule has 2 aromatic carbocycles. The number of hydrogen-bond donors (Lipinski definition) is 2. The van der Waals surface area contributed by atoms with Crippen molar-refractivity contribution < 1.29 is 14.0 Å². The van der Waals surface area contributed by atoms with E-state index in [2.05, 4.69) is 5.32 Å². The molecule has 0 saturated heterocycles. The number of carbonyl (C=O) groups excluding carboxylic acids is 2. The zero-order valence-corrected chi connectivity index (χ0v) is 18.5. The maximum absolute atomic E-state index is 13.8. The Kier molecular flexibility index (Phi) is 6.97. The molecule has 5 nitrogen and oxygen atoms in total. The highest BCUT2D eigenvalue weighted by Gasteiger charge is 2.29. The maximum atomic E-state index is 13.8. The van der Waals surface area contributed by atoms with E-state index in [4.69, 9.17) is 5.73 Å². The molecule has 4 rings (SSSR count). The summed E-state index contributed by atoms with van der Waals surface area (Å²) in [5, 5.41) is 4.77. The van der Waals surface area contributed by atoms with Crippen LogP contribution in [0.1, 0.15) is 51.3 Å². The van der Waals surface area contributed by atoms with Crippen LogP contribution >= 0.6 is 11.3 Å². The van der Waals surface area contributed by atoms with E-state index in [1.165, 1.54) is 23.5 Å². The molecule has 1 saturated carbocycles. The molecule has 1 aliphatic rings. The molecule has 2 amide bonds. The monoisotopic (exact) mass is 451 g/mol. The predicted octanol–water partition coefficient (Wildman–Crippen LogP) is 5.05. The number of benzene rings is 2. The van der Waals surface area contributed by atoms with Gasteiger partial charge in [0.1, 0.15) is 5.82 Å². The van der Waals surface area contributed by atoms with E-state index in [1.54, 1.807) is 18.2 Å². The van der Waals surface area contributed by atoms with Crippen molar-refractivity contribution in [2.45, 2.75) is 44.3 Å². The van der Waals surface area contributed by atoms with E-state index in [0.717, 1.165) is 31.2 Å². The van der Waals surface area contributed by atoms with Gasteiger partial charge in [-0.05, 0) is 73.0 Å². The van der Waals surface area contributed by atoms with E-state index in [0.29, 0.717) is 22.7 Å². The molecule has 0 bridgehead atoms. The van der Waals surface area contributed by atoms with E-state index in [1.807, 2.05) is 40.6 Å². The molecule has 3 aromatic rings. The fourth-order valence-corrected chi connectivity index (χ4v) is 4.73.